The van der Waals surface area contributed by atoms with Gasteiger partial charge in [0.15, 0.2) is 11.4 Å². The Kier molecular flexibility index (Phi) is 5.00. The van der Waals surface area contributed by atoms with E-state index in [1.165, 1.54) is 12.1 Å². The van der Waals surface area contributed by atoms with Gasteiger partial charge in [0.05, 0.1) is 6.04 Å². The fourth-order valence-corrected chi connectivity index (χ4v) is 2.94. The van der Waals surface area contributed by atoms with Crippen LogP contribution in [-0.4, -0.2) is 33.9 Å². The van der Waals surface area contributed by atoms with Crippen LogP contribution in [0.4, 0.5) is 11.6 Å². The smallest absolute Gasteiger partial charge is 0.366 e. The van der Waals surface area contributed by atoms with Crippen molar-refractivity contribution in [3.05, 3.63) is 58.1 Å². The number of hydrogen-bond acceptors (Lipinski definition) is 6. The van der Waals surface area contributed by atoms with Crippen molar-refractivity contribution in [2.24, 2.45) is 0 Å². The van der Waals surface area contributed by atoms with Crippen LogP contribution in [0.3, 0.4) is 0 Å². The molecule has 2 heterocycles. The van der Waals surface area contributed by atoms with E-state index in [9.17, 15) is 19.7 Å². The topological polar surface area (TPSA) is 115 Å². The number of nitrogens with zero attached hydrogens (tertiary/aromatic N) is 3. The van der Waals surface area contributed by atoms with E-state index in [0.29, 0.717) is 0 Å². The van der Waals surface area contributed by atoms with Gasteiger partial charge >= 0.3 is 5.82 Å². The summed E-state index contributed by atoms with van der Waals surface area (Å²) in [6.07, 6.45) is 0. The quantitative estimate of drug-likeness (QED) is 0.625. The number of nitrogens with one attached hydrogen (secondary N) is 1. The minimum Gasteiger partial charge on any atom is -0.472 e. The molecule has 0 spiro atoms. The molecule has 9 nitrogen and oxygen atoms in total. The van der Waals surface area contributed by atoms with E-state index >= 15 is 0 Å². The second kappa shape index (κ2) is 7.26. The molecule has 1 aromatic heterocycles. The zero-order valence-corrected chi connectivity index (χ0v) is 15.7. The molecule has 0 aliphatic carbocycles. The van der Waals surface area contributed by atoms with Crippen molar-refractivity contribution in [2.75, 3.05) is 11.4 Å². The van der Waals surface area contributed by atoms with Crippen LogP contribution in [0.25, 0.3) is 0 Å². The van der Waals surface area contributed by atoms with Crippen molar-refractivity contribution in [3.63, 3.8) is 0 Å². The molecule has 3 rings (SSSR count). The Morgan fingerprint density at radius 3 is 2.61 bits per heavy atom. The van der Waals surface area contributed by atoms with Crippen molar-refractivity contribution < 1.29 is 19.2 Å². The molecular formula is C19H20N4O5. The minimum absolute atomic E-state index is 0.0407. The highest BCUT2D eigenvalue weighted by Gasteiger charge is 2.45. The number of anilines is 1. The van der Waals surface area contributed by atoms with E-state index in [4.69, 9.17) is 4.74 Å². The predicted octanol–water partition coefficient (Wildman–Crippen LogP) is 2.37. The van der Waals surface area contributed by atoms with Gasteiger partial charge in [-0.15, -0.1) is 0 Å². The van der Waals surface area contributed by atoms with Crippen LogP contribution in [0.1, 0.15) is 32.4 Å². The number of nitro groups is 1. The van der Waals surface area contributed by atoms with Gasteiger partial charge in [-0.2, -0.15) is 0 Å². The lowest BCUT2D eigenvalue weighted by atomic mass is 10.1. The summed E-state index contributed by atoms with van der Waals surface area (Å²) in [6, 6.07) is 11.7. The lowest BCUT2D eigenvalue weighted by Gasteiger charge is -2.35. The number of aromatic nitrogens is 1. The first-order valence-corrected chi connectivity index (χ1v) is 8.70. The third-order valence-corrected chi connectivity index (χ3v) is 4.37. The second-order valence-electron chi connectivity index (χ2n) is 6.95. The van der Waals surface area contributed by atoms with E-state index in [1.54, 1.807) is 13.8 Å². The molecule has 1 aliphatic rings. The van der Waals surface area contributed by atoms with Crippen LogP contribution in [0.2, 0.25) is 0 Å². The minimum atomic E-state index is -1.23. The number of pyridine rings is 1. The molecule has 28 heavy (non-hydrogen) atoms. The van der Waals surface area contributed by atoms with Crippen molar-refractivity contribution in [3.8, 4) is 5.75 Å². The van der Waals surface area contributed by atoms with Crippen molar-refractivity contribution >= 4 is 23.5 Å². The maximum absolute atomic E-state index is 12.8. The number of carbonyl (C=O) groups is 2. The number of fused-ring (bicyclic) bond motifs is 1. The SMILES string of the molecule is CC(NC(=O)CN1C(=O)C(C)(C)Oc2ccc([N+](=O)[O-])nc21)c1ccccc1. The Balaban J connectivity index is 1.85. The van der Waals surface area contributed by atoms with Gasteiger partial charge in [-0.3, -0.25) is 14.5 Å². The van der Waals surface area contributed by atoms with Gasteiger partial charge in [-0.1, -0.05) is 30.3 Å². The van der Waals surface area contributed by atoms with Crippen LogP contribution >= 0.6 is 0 Å². The normalized spacial score (nSPS) is 16.0. The zero-order chi connectivity index (χ0) is 20.5. The van der Waals surface area contributed by atoms with Crippen LogP contribution in [0.15, 0.2) is 42.5 Å². The molecule has 0 radical (unpaired) electrons. The third kappa shape index (κ3) is 3.78. The van der Waals surface area contributed by atoms with E-state index in [1.807, 2.05) is 37.3 Å². The fraction of sp³-hybridized carbons (Fsp3) is 0.316. The summed E-state index contributed by atoms with van der Waals surface area (Å²) in [7, 11) is 0. The first-order chi connectivity index (χ1) is 13.2. The molecule has 0 saturated heterocycles. The van der Waals surface area contributed by atoms with Crippen LogP contribution < -0.4 is 15.0 Å². The highest BCUT2D eigenvalue weighted by atomic mass is 16.6. The predicted molar refractivity (Wildman–Crippen MR) is 101 cm³/mol. The van der Waals surface area contributed by atoms with Crippen molar-refractivity contribution in [1.29, 1.82) is 0 Å². The Labute approximate surface area is 161 Å². The van der Waals surface area contributed by atoms with Crippen LogP contribution in [0, 0.1) is 10.1 Å². The van der Waals surface area contributed by atoms with E-state index in [-0.39, 0.29) is 24.2 Å². The summed E-state index contributed by atoms with van der Waals surface area (Å²) < 4.78 is 5.62. The Bertz CT molecular complexity index is 929. The first-order valence-electron chi connectivity index (χ1n) is 8.70. The monoisotopic (exact) mass is 384 g/mol. The van der Waals surface area contributed by atoms with Gasteiger partial charge in [0.25, 0.3) is 11.7 Å². The highest BCUT2D eigenvalue weighted by Crippen LogP contribution is 2.37. The van der Waals surface area contributed by atoms with Gasteiger partial charge in [0, 0.05) is 6.07 Å². The summed E-state index contributed by atoms with van der Waals surface area (Å²) in [5.74, 6) is -1.18. The molecule has 1 aromatic carbocycles. The zero-order valence-electron chi connectivity index (χ0n) is 15.7. The maximum Gasteiger partial charge on any atom is 0.366 e. The molecule has 1 unspecified atom stereocenters. The average Bonchev–Trinajstić information content (AvgIpc) is 2.65. The molecular weight excluding hydrogens is 364 g/mol. The molecule has 0 bridgehead atoms. The molecule has 2 aromatic rings. The molecule has 2 amide bonds. The molecule has 0 fully saturated rings. The van der Waals surface area contributed by atoms with E-state index in [0.717, 1.165) is 10.5 Å². The van der Waals surface area contributed by atoms with Gasteiger partial charge in [-0.25, -0.2) is 0 Å². The maximum atomic E-state index is 12.8. The lowest BCUT2D eigenvalue weighted by molar-refractivity contribution is -0.389. The van der Waals surface area contributed by atoms with Crippen molar-refractivity contribution in [1.82, 2.24) is 10.3 Å². The molecule has 0 saturated carbocycles. The number of hydrogen-bond donors (Lipinski definition) is 1. The van der Waals surface area contributed by atoms with Gasteiger partial charge in [0.2, 0.25) is 5.91 Å². The Morgan fingerprint density at radius 2 is 1.96 bits per heavy atom. The van der Waals surface area contributed by atoms with Crippen LogP contribution in [0.5, 0.6) is 5.75 Å². The van der Waals surface area contributed by atoms with Crippen molar-refractivity contribution in [2.45, 2.75) is 32.4 Å². The van der Waals surface area contributed by atoms with Gasteiger partial charge in [0.1, 0.15) is 6.54 Å². The van der Waals surface area contributed by atoms with Gasteiger partial charge < -0.3 is 20.2 Å². The third-order valence-electron chi connectivity index (χ3n) is 4.37. The Morgan fingerprint density at radius 1 is 1.29 bits per heavy atom. The lowest BCUT2D eigenvalue weighted by Crippen LogP contribution is -2.55. The average molecular weight is 384 g/mol. The molecule has 1 N–H and O–H groups in total. The molecule has 1 atom stereocenters. The highest BCUT2D eigenvalue weighted by molar-refractivity contribution is 6.05. The summed E-state index contributed by atoms with van der Waals surface area (Å²) in [5.41, 5.74) is -0.311. The number of benzene rings is 1. The van der Waals surface area contributed by atoms with E-state index in [2.05, 4.69) is 10.3 Å². The van der Waals surface area contributed by atoms with E-state index < -0.39 is 28.2 Å². The molecule has 1 aliphatic heterocycles. The first kappa shape index (κ1) is 19.3. The molecule has 9 heteroatoms. The summed E-state index contributed by atoms with van der Waals surface area (Å²) in [4.78, 5) is 40.8. The van der Waals surface area contributed by atoms with Crippen LogP contribution in [-0.2, 0) is 9.59 Å². The number of ether oxygens (including phenoxy) is 1. The van der Waals surface area contributed by atoms with Gasteiger partial charge in [-0.05, 0) is 42.3 Å². The summed E-state index contributed by atoms with van der Waals surface area (Å²) in [6.45, 7) is 4.63. The standard InChI is InChI=1S/C19H20N4O5/c1-12(13-7-5-4-6-8-13)20-16(24)11-22-17-14(28-19(2,3)18(22)25)9-10-15(21-17)23(26)27/h4-10,12H,11H2,1-3H3,(H,20,24). The largest absolute Gasteiger partial charge is 0.472 e. The fourth-order valence-electron chi connectivity index (χ4n) is 2.94. The summed E-state index contributed by atoms with van der Waals surface area (Å²) >= 11 is 0. The number of rotatable bonds is 5. The second-order valence-corrected chi connectivity index (χ2v) is 6.95. The Hall–Kier alpha value is -3.49. The number of carbonyl (C=O) groups excluding carboxylic acids is 2. The molecule has 146 valence electrons. The summed E-state index contributed by atoms with van der Waals surface area (Å²) in [5, 5.41) is 13.9. The number of amides is 2.